The first-order valence-corrected chi connectivity index (χ1v) is 50.7. The normalized spacial score (nSPS) is 11.7. The van der Waals surface area contributed by atoms with Crippen LogP contribution in [0.2, 0.25) is 0 Å². The zero-order valence-electron chi connectivity index (χ0n) is 80.1. The van der Waals surface area contributed by atoms with Crippen molar-refractivity contribution < 1.29 is 22.1 Å². The van der Waals surface area contributed by atoms with Crippen LogP contribution in [0.5, 0.6) is 0 Å². The van der Waals surface area contributed by atoms with Gasteiger partial charge in [-0.2, -0.15) is 0 Å². The zero-order valence-corrected chi connectivity index (χ0v) is 80.9. The van der Waals surface area contributed by atoms with Gasteiger partial charge in [0.1, 0.15) is 39.1 Å². The second-order valence-electron chi connectivity index (χ2n) is 37.5. The number of rotatable bonds is 13. The number of pyridine rings is 3. The summed E-state index contributed by atoms with van der Waals surface area (Å²) in [5.74, 6) is 1.94. The third-order valence-corrected chi connectivity index (χ3v) is 29.8. The molecule has 0 amide bonds. The van der Waals surface area contributed by atoms with Crippen molar-refractivity contribution in [3.63, 3.8) is 0 Å². The van der Waals surface area contributed by atoms with Crippen molar-refractivity contribution in [1.29, 1.82) is 0 Å². The highest BCUT2D eigenvalue weighted by atomic mass is 32.1. The Kier molecular flexibility index (Phi) is 20.8. The predicted octanol–water partition coefficient (Wildman–Crippen LogP) is 36.6. The molecule has 0 saturated carbocycles. The highest BCUT2D eigenvalue weighted by molar-refractivity contribution is 7.26. The summed E-state index contributed by atoms with van der Waals surface area (Å²) >= 11 is 1.81. The molecule has 12 aromatic heterocycles. The first kappa shape index (κ1) is 86.5. The number of aromatic nitrogens is 9. The van der Waals surface area contributed by atoms with Crippen molar-refractivity contribution in [2.45, 2.75) is 0 Å². The molecule has 31 aromatic rings. The van der Waals surface area contributed by atoms with Crippen LogP contribution in [0.25, 0.3) is 309 Å². The summed E-state index contributed by atoms with van der Waals surface area (Å²) in [5, 5.41) is 19.8. The Bertz CT molecular complexity index is 10400. The van der Waals surface area contributed by atoms with Crippen molar-refractivity contribution in [1.82, 2.24) is 44.9 Å². The summed E-state index contributed by atoms with van der Waals surface area (Å²) in [6.45, 7) is 0. The minimum Gasteiger partial charge on any atom is -0.455 e. The maximum atomic E-state index is 6.40. The average molecular weight is 1940 g/mol. The molecule has 0 radical (unpaired) electrons. The summed E-state index contributed by atoms with van der Waals surface area (Å²) < 4.78 is 34.0. The van der Waals surface area contributed by atoms with Gasteiger partial charge in [-0.15, -0.1) is 11.3 Å². The van der Waals surface area contributed by atoms with E-state index in [1.54, 1.807) is 0 Å². The van der Waals surface area contributed by atoms with Gasteiger partial charge in [0.25, 0.3) is 0 Å². The van der Waals surface area contributed by atoms with E-state index in [0.717, 1.165) is 249 Å². The van der Waals surface area contributed by atoms with Crippen LogP contribution in [0, 0.1) is 0 Å². The number of benzene rings is 19. The van der Waals surface area contributed by atoms with E-state index in [4.69, 9.17) is 66.9 Å². The van der Waals surface area contributed by atoms with E-state index in [0.29, 0.717) is 34.6 Å². The standard InChI is InChI=1S/C49H29N3OS.2C43H25N3O2/c1-2-12-30(13-3-1)33-14-10-15-34(28-33)41-29-42(39-21-11-20-38-35-16-7-9-23-44(35)54-47(38)39)51-48(50-41)32-26-24-31(25-27-32)46-37-18-5-4-17-36(37)45-40-19-6-8-22-43(40)53-49(45)52-46;1-2-11-28(12-3-1)42-44-35(25-36(45-42)33-18-10-17-32-29-13-6-8-19-37(29)47-41(32)33)26-21-23-27(24-22-26)40-31-15-5-4-14-30(31)39-34-16-7-9-20-38(34)48-43(39)46-40;1-2-11-26(12-3-1)35-25-36(45-42(44-35)34-18-10-17-32-29-13-6-8-19-37(29)47-41(32)34)27-21-23-28(24-22-27)40-31-15-5-4-14-30(31)39-33-16-7-9-20-38(33)48-43(39)46-40/h1-29H;2*1-25H. The molecule has 0 spiro atoms. The van der Waals surface area contributed by atoms with E-state index in [1.807, 2.05) is 169 Å². The average Bonchev–Trinajstić information content (AvgIpc) is 1.58. The topological polar surface area (TPSA) is 182 Å². The predicted molar refractivity (Wildman–Crippen MR) is 612 cm³/mol. The van der Waals surface area contributed by atoms with Crippen LogP contribution < -0.4 is 0 Å². The van der Waals surface area contributed by atoms with Gasteiger partial charge in [0.05, 0.1) is 73.0 Å². The number of furan rings is 5. The minimum atomic E-state index is 0.614. The maximum absolute atomic E-state index is 6.40. The molecule has 0 fully saturated rings. The van der Waals surface area contributed by atoms with Crippen molar-refractivity contribution in [3.8, 4) is 147 Å². The van der Waals surface area contributed by atoms with Crippen LogP contribution >= 0.6 is 11.3 Å². The van der Waals surface area contributed by atoms with Crippen LogP contribution in [-0.2, 0) is 0 Å². The van der Waals surface area contributed by atoms with Crippen LogP contribution in [0.1, 0.15) is 0 Å². The van der Waals surface area contributed by atoms with Gasteiger partial charge in [0, 0.05) is 135 Å². The third-order valence-electron chi connectivity index (χ3n) is 28.6. The molecule has 0 atom stereocenters. The van der Waals surface area contributed by atoms with Gasteiger partial charge in [0.15, 0.2) is 17.5 Å². The molecular weight excluding hydrogens is 1860 g/mol. The lowest BCUT2D eigenvalue weighted by atomic mass is 9.99. The Morgan fingerprint density at radius 3 is 0.907 bits per heavy atom. The molecule has 15 heteroatoms. The molecule has 19 aromatic carbocycles. The smallest absolute Gasteiger partial charge is 0.228 e. The maximum Gasteiger partial charge on any atom is 0.228 e. The molecule has 0 saturated heterocycles. The van der Waals surface area contributed by atoms with E-state index in [1.165, 1.54) is 25.7 Å². The van der Waals surface area contributed by atoms with Crippen molar-refractivity contribution >= 4 is 174 Å². The van der Waals surface area contributed by atoms with Gasteiger partial charge in [0.2, 0.25) is 17.1 Å². The van der Waals surface area contributed by atoms with Crippen LogP contribution in [0.4, 0.5) is 0 Å². The lowest BCUT2D eigenvalue weighted by Gasteiger charge is -2.12. The number of thiophene rings is 1. The number of hydrogen-bond acceptors (Lipinski definition) is 15. The quantitative estimate of drug-likeness (QED) is 0.106. The molecule has 0 bridgehead atoms. The summed E-state index contributed by atoms with van der Waals surface area (Å²) in [6, 6.07) is 164. The molecule has 31 rings (SSSR count). The minimum absolute atomic E-state index is 0.614. The fraction of sp³-hybridized carbons (Fsp3) is 0. The van der Waals surface area contributed by atoms with Crippen molar-refractivity contribution in [2.75, 3.05) is 0 Å². The molecule has 12 heterocycles. The largest absolute Gasteiger partial charge is 0.455 e. The summed E-state index contributed by atoms with van der Waals surface area (Å²) in [5.41, 5.74) is 29.5. The molecular formula is C135H79N9O5S. The number of fused-ring (bicyclic) bond motifs is 24. The first-order valence-electron chi connectivity index (χ1n) is 49.9. The van der Waals surface area contributed by atoms with Crippen molar-refractivity contribution in [3.05, 3.63) is 479 Å². The van der Waals surface area contributed by atoms with E-state index >= 15 is 0 Å². The van der Waals surface area contributed by atoms with Crippen LogP contribution in [0.15, 0.2) is 501 Å². The Morgan fingerprint density at radius 2 is 0.440 bits per heavy atom. The van der Waals surface area contributed by atoms with E-state index in [-0.39, 0.29) is 0 Å². The Balaban J connectivity index is 0.000000106. The molecule has 0 aliphatic heterocycles. The summed E-state index contributed by atoms with van der Waals surface area (Å²) in [7, 11) is 0. The monoisotopic (exact) mass is 1940 g/mol. The lowest BCUT2D eigenvalue weighted by molar-refractivity contribution is 0.654. The lowest BCUT2D eigenvalue weighted by Crippen LogP contribution is -1.96. The van der Waals surface area contributed by atoms with Gasteiger partial charge in [-0.1, -0.05) is 406 Å². The highest BCUT2D eigenvalue weighted by Gasteiger charge is 2.26. The van der Waals surface area contributed by atoms with Gasteiger partial charge < -0.3 is 22.1 Å². The molecule has 0 unspecified atom stereocenters. The Hall–Kier alpha value is -20.1. The fourth-order valence-electron chi connectivity index (χ4n) is 21.5. The number of para-hydroxylation sites is 7. The second-order valence-corrected chi connectivity index (χ2v) is 38.5. The molecule has 0 aliphatic rings. The Morgan fingerprint density at radius 1 is 0.153 bits per heavy atom. The number of hydrogen-bond donors (Lipinski definition) is 0. The molecule has 700 valence electrons. The number of nitrogens with zero attached hydrogens (tertiary/aromatic N) is 9. The summed E-state index contributed by atoms with van der Waals surface area (Å²) in [6.07, 6.45) is 0. The molecule has 150 heavy (non-hydrogen) atoms. The van der Waals surface area contributed by atoms with E-state index < -0.39 is 0 Å². The van der Waals surface area contributed by atoms with Crippen LogP contribution in [0.3, 0.4) is 0 Å². The summed E-state index contributed by atoms with van der Waals surface area (Å²) in [4.78, 5) is 46.1. The van der Waals surface area contributed by atoms with Gasteiger partial charge in [-0.3, -0.25) is 0 Å². The molecule has 14 nitrogen and oxygen atoms in total. The van der Waals surface area contributed by atoms with Gasteiger partial charge >= 0.3 is 0 Å². The Labute approximate surface area is 860 Å². The third kappa shape index (κ3) is 15.1. The highest BCUT2D eigenvalue weighted by Crippen LogP contribution is 2.48. The van der Waals surface area contributed by atoms with Gasteiger partial charge in [-0.25, -0.2) is 44.9 Å². The van der Waals surface area contributed by atoms with Gasteiger partial charge in [-0.05, 0) is 100 Å². The molecule has 0 aliphatic carbocycles. The SMILES string of the molecule is c1ccc(-c2cc(-c3ccc(-c4nc5oc6ccccc6c5c5ccccc45)cc3)nc(-c3cccc4c3oc3ccccc34)n2)cc1.c1ccc(-c2cccc(-c3cc(-c4cccc5c4sc4ccccc45)nc(-c4ccc(-c5nc6oc7ccccc7c6c6ccccc56)cc4)n3)c2)cc1.c1ccc(-c2nc(-c3ccc(-c4nc5oc6ccccc6c5c5ccccc45)cc3)cc(-c3cccc4c3oc3ccccc34)n2)cc1. The molecule has 0 N–H and O–H groups in total. The van der Waals surface area contributed by atoms with E-state index in [9.17, 15) is 0 Å². The fourth-order valence-corrected chi connectivity index (χ4v) is 22.7. The van der Waals surface area contributed by atoms with Crippen LogP contribution in [-0.4, -0.2) is 44.9 Å². The van der Waals surface area contributed by atoms with Crippen molar-refractivity contribution in [2.24, 2.45) is 0 Å². The second kappa shape index (κ2) is 36.0. The zero-order chi connectivity index (χ0) is 98.8. The van der Waals surface area contributed by atoms with E-state index in [2.05, 4.69) is 322 Å². The first-order chi connectivity index (χ1) is 74.3.